The van der Waals surface area contributed by atoms with E-state index in [0.29, 0.717) is 23.4 Å². The predicted molar refractivity (Wildman–Crippen MR) is 131 cm³/mol. The first-order chi connectivity index (χ1) is 16.5. The molecule has 170 valence electrons. The van der Waals surface area contributed by atoms with Gasteiger partial charge in [0.2, 0.25) is 5.91 Å². The van der Waals surface area contributed by atoms with Gasteiger partial charge in [-0.05, 0) is 30.2 Å². The van der Waals surface area contributed by atoms with Crippen LogP contribution in [0.15, 0.2) is 89.7 Å². The number of hydrogen-bond acceptors (Lipinski definition) is 4. The van der Waals surface area contributed by atoms with E-state index < -0.39 is 17.4 Å². The van der Waals surface area contributed by atoms with E-state index in [2.05, 4.69) is 10.4 Å². The lowest BCUT2D eigenvalue weighted by molar-refractivity contribution is 0.0947. The number of benzene rings is 3. The summed E-state index contributed by atoms with van der Waals surface area (Å²) < 4.78 is 1.31. The van der Waals surface area contributed by atoms with Gasteiger partial charge >= 0.3 is 0 Å². The molecule has 0 fully saturated rings. The fourth-order valence-electron chi connectivity index (χ4n) is 3.74. The Hall–Kier alpha value is -4.52. The number of carbonyl (C=O) groups excluding carboxylic acids is 2. The molecule has 0 spiro atoms. The number of nitrogens with one attached hydrogen (secondary N) is 1. The van der Waals surface area contributed by atoms with Crippen LogP contribution < -0.4 is 16.6 Å². The third-order valence-corrected chi connectivity index (χ3v) is 5.48. The Balaban J connectivity index is 1.81. The molecule has 0 radical (unpaired) electrons. The highest BCUT2D eigenvalue weighted by atomic mass is 16.2. The van der Waals surface area contributed by atoms with Crippen molar-refractivity contribution in [2.24, 2.45) is 5.73 Å². The molecular weight excluding hydrogens is 428 g/mol. The number of aryl methyl sites for hydroxylation is 1. The second-order valence-corrected chi connectivity index (χ2v) is 7.70. The molecule has 0 aliphatic rings. The van der Waals surface area contributed by atoms with Gasteiger partial charge < -0.3 is 11.1 Å². The van der Waals surface area contributed by atoms with Crippen molar-refractivity contribution >= 4 is 11.8 Å². The predicted octanol–water partition coefficient (Wildman–Crippen LogP) is 3.63. The fraction of sp³-hybridized carbons (Fsp3) is 0.111. The Morgan fingerprint density at radius 1 is 0.882 bits per heavy atom. The lowest BCUT2D eigenvalue weighted by Gasteiger charge is -2.17. The minimum atomic E-state index is -0.520. The van der Waals surface area contributed by atoms with Crippen molar-refractivity contribution in [2.75, 3.05) is 0 Å². The van der Waals surface area contributed by atoms with E-state index in [4.69, 9.17) is 5.73 Å². The van der Waals surface area contributed by atoms with Crippen molar-refractivity contribution in [1.29, 1.82) is 0 Å². The smallest absolute Gasteiger partial charge is 0.280 e. The molecule has 4 aromatic rings. The highest BCUT2D eigenvalue weighted by Gasteiger charge is 2.24. The van der Waals surface area contributed by atoms with Crippen LogP contribution >= 0.6 is 0 Å². The average Bonchev–Trinajstić information content (AvgIpc) is 2.88. The quantitative estimate of drug-likeness (QED) is 0.446. The van der Waals surface area contributed by atoms with E-state index >= 15 is 0 Å². The van der Waals surface area contributed by atoms with Gasteiger partial charge in [-0.3, -0.25) is 14.4 Å². The second kappa shape index (κ2) is 9.95. The third-order valence-electron chi connectivity index (χ3n) is 5.48. The standard InChI is InChI=1S/C27H24N4O3/c1-2-31-27(34)23(26(33)29-17-18-13-15-21(16-14-18)25(28)32)22(19-9-5-3-6-10-19)24(30-31)20-11-7-4-8-12-20/h3-16H,2,17H2,1H3,(H2,28,32)(H,29,33). The Morgan fingerprint density at radius 2 is 1.47 bits per heavy atom. The number of hydrogen-bond donors (Lipinski definition) is 2. The molecule has 3 N–H and O–H groups in total. The molecule has 0 aliphatic heterocycles. The summed E-state index contributed by atoms with van der Waals surface area (Å²) in [5.41, 5.74) is 8.61. The zero-order valence-corrected chi connectivity index (χ0v) is 18.7. The zero-order valence-electron chi connectivity index (χ0n) is 18.7. The van der Waals surface area contributed by atoms with Crippen LogP contribution in [0.2, 0.25) is 0 Å². The molecule has 0 atom stereocenters. The minimum absolute atomic E-state index is 0.0376. The van der Waals surface area contributed by atoms with E-state index in [1.54, 1.807) is 24.3 Å². The van der Waals surface area contributed by atoms with Gasteiger partial charge in [-0.2, -0.15) is 5.10 Å². The van der Waals surface area contributed by atoms with Gasteiger partial charge in [0.1, 0.15) is 5.56 Å². The van der Waals surface area contributed by atoms with Crippen LogP contribution in [-0.4, -0.2) is 21.6 Å². The fourth-order valence-corrected chi connectivity index (χ4v) is 3.74. The van der Waals surface area contributed by atoms with Crippen molar-refractivity contribution in [3.05, 3.63) is 112 Å². The number of rotatable bonds is 7. The normalized spacial score (nSPS) is 10.6. The molecule has 0 aliphatic carbocycles. The SMILES string of the molecule is CCn1nc(-c2ccccc2)c(-c2ccccc2)c(C(=O)NCc2ccc(C(N)=O)cc2)c1=O. The molecule has 0 bridgehead atoms. The Bertz CT molecular complexity index is 1380. The van der Waals surface area contributed by atoms with Crippen molar-refractivity contribution in [3.63, 3.8) is 0 Å². The summed E-state index contributed by atoms with van der Waals surface area (Å²) in [5.74, 6) is -1.02. The molecule has 4 rings (SSSR count). The first-order valence-electron chi connectivity index (χ1n) is 10.9. The lowest BCUT2D eigenvalue weighted by atomic mass is 9.95. The van der Waals surface area contributed by atoms with Gasteiger partial charge in [0.15, 0.2) is 0 Å². The summed E-state index contributed by atoms with van der Waals surface area (Å²) in [6.07, 6.45) is 0. The van der Waals surface area contributed by atoms with Crippen LogP contribution in [0.5, 0.6) is 0 Å². The van der Waals surface area contributed by atoms with Gasteiger partial charge in [-0.1, -0.05) is 72.8 Å². The Kier molecular flexibility index (Phi) is 6.64. The van der Waals surface area contributed by atoms with Crippen LogP contribution in [0.1, 0.15) is 33.2 Å². The van der Waals surface area contributed by atoms with Gasteiger partial charge in [0.25, 0.3) is 11.5 Å². The number of nitrogens with zero attached hydrogens (tertiary/aromatic N) is 2. The average molecular weight is 453 g/mol. The molecule has 0 saturated carbocycles. The molecule has 0 unspecified atom stereocenters. The van der Waals surface area contributed by atoms with Crippen LogP contribution in [0.4, 0.5) is 0 Å². The molecule has 7 heteroatoms. The molecule has 1 aromatic heterocycles. The van der Waals surface area contributed by atoms with Crippen LogP contribution in [0, 0.1) is 0 Å². The monoisotopic (exact) mass is 452 g/mol. The van der Waals surface area contributed by atoms with E-state index in [0.717, 1.165) is 16.7 Å². The third kappa shape index (κ3) is 4.63. The Morgan fingerprint density at radius 3 is 2.03 bits per heavy atom. The summed E-state index contributed by atoms with van der Waals surface area (Å²) in [6, 6.07) is 25.4. The first kappa shape index (κ1) is 22.7. The minimum Gasteiger partial charge on any atom is -0.366 e. The largest absolute Gasteiger partial charge is 0.366 e. The summed E-state index contributed by atoms with van der Waals surface area (Å²) >= 11 is 0. The molecule has 34 heavy (non-hydrogen) atoms. The molecular formula is C27H24N4O3. The molecule has 7 nitrogen and oxygen atoms in total. The van der Waals surface area contributed by atoms with Crippen molar-refractivity contribution < 1.29 is 9.59 Å². The van der Waals surface area contributed by atoms with E-state index in [9.17, 15) is 14.4 Å². The summed E-state index contributed by atoms with van der Waals surface area (Å²) in [5, 5.41) is 7.45. The van der Waals surface area contributed by atoms with Gasteiger partial charge in [-0.15, -0.1) is 0 Å². The summed E-state index contributed by atoms with van der Waals surface area (Å²) in [7, 11) is 0. The first-order valence-corrected chi connectivity index (χ1v) is 10.9. The molecule has 2 amide bonds. The van der Waals surface area contributed by atoms with Crippen molar-refractivity contribution in [1.82, 2.24) is 15.1 Å². The van der Waals surface area contributed by atoms with Gasteiger partial charge in [0, 0.05) is 29.8 Å². The topological polar surface area (TPSA) is 107 Å². The molecule has 3 aromatic carbocycles. The van der Waals surface area contributed by atoms with Crippen LogP contribution in [-0.2, 0) is 13.1 Å². The zero-order chi connectivity index (χ0) is 24.1. The summed E-state index contributed by atoms with van der Waals surface area (Å²) in [4.78, 5) is 38.1. The van der Waals surface area contributed by atoms with Gasteiger partial charge in [0.05, 0.1) is 5.69 Å². The number of nitrogens with two attached hydrogens (primary N) is 1. The maximum Gasteiger partial charge on any atom is 0.280 e. The maximum absolute atomic E-state index is 13.4. The highest BCUT2D eigenvalue weighted by Crippen LogP contribution is 2.32. The molecule has 0 saturated heterocycles. The number of aromatic nitrogens is 2. The molecule has 1 heterocycles. The Labute approximate surface area is 196 Å². The van der Waals surface area contributed by atoms with E-state index in [-0.39, 0.29) is 12.1 Å². The number of carbonyl (C=O) groups is 2. The second-order valence-electron chi connectivity index (χ2n) is 7.70. The maximum atomic E-state index is 13.4. The van der Waals surface area contributed by atoms with Crippen LogP contribution in [0.3, 0.4) is 0 Å². The number of primary amides is 1. The van der Waals surface area contributed by atoms with Gasteiger partial charge in [-0.25, -0.2) is 4.68 Å². The highest BCUT2D eigenvalue weighted by molar-refractivity contribution is 6.03. The van der Waals surface area contributed by atoms with Crippen LogP contribution in [0.25, 0.3) is 22.4 Å². The van der Waals surface area contributed by atoms with Crippen molar-refractivity contribution in [2.45, 2.75) is 20.0 Å². The number of amides is 2. The van der Waals surface area contributed by atoms with Crippen molar-refractivity contribution in [3.8, 4) is 22.4 Å². The summed E-state index contributed by atoms with van der Waals surface area (Å²) in [6.45, 7) is 2.32. The van der Waals surface area contributed by atoms with E-state index in [1.807, 2.05) is 67.6 Å². The lowest BCUT2D eigenvalue weighted by Crippen LogP contribution is -2.35. The van der Waals surface area contributed by atoms with E-state index in [1.165, 1.54) is 4.68 Å².